The molecular formula is C14H27N3O. The van der Waals surface area contributed by atoms with Crippen LogP contribution in [0.3, 0.4) is 0 Å². The second-order valence-corrected chi connectivity index (χ2v) is 6.47. The van der Waals surface area contributed by atoms with Crippen molar-refractivity contribution in [2.45, 2.75) is 76.5 Å². The van der Waals surface area contributed by atoms with Gasteiger partial charge in [-0.1, -0.05) is 6.92 Å². The van der Waals surface area contributed by atoms with Crippen LogP contribution in [0.1, 0.15) is 52.9 Å². The largest absolute Gasteiger partial charge is 0.370 e. The Labute approximate surface area is 110 Å². The first-order valence-corrected chi connectivity index (χ1v) is 7.24. The molecule has 2 fully saturated rings. The summed E-state index contributed by atoms with van der Waals surface area (Å²) < 4.78 is 0. The highest BCUT2D eigenvalue weighted by Crippen LogP contribution is 2.41. The lowest BCUT2D eigenvalue weighted by molar-refractivity contribution is -0.121. The molecule has 2 bridgehead atoms. The van der Waals surface area contributed by atoms with Crippen molar-refractivity contribution in [3.63, 3.8) is 0 Å². The van der Waals surface area contributed by atoms with E-state index in [2.05, 4.69) is 31.0 Å². The minimum Gasteiger partial charge on any atom is -0.370 e. The first kappa shape index (κ1) is 13.8. The molecule has 2 atom stereocenters. The Morgan fingerprint density at radius 2 is 1.89 bits per heavy atom. The number of fused-ring (bicyclic) bond motifs is 2. The number of carbonyl (C=O) groups is 1. The highest BCUT2D eigenvalue weighted by atomic mass is 16.1. The maximum atomic E-state index is 11.2. The van der Waals surface area contributed by atoms with Crippen molar-refractivity contribution in [3.05, 3.63) is 0 Å². The van der Waals surface area contributed by atoms with Crippen molar-refractivity contribution < 1.29 is 4.79 Å². The lowest BCUT2D eigenvalue weighted by atomic mass is 9.88. The van der Waals surface area contributed by atoms with Crippen molar-refractivity contribution in [3.8, 4) is 0 Å². The van der Waals surface area contributed by atoms with Crippen molar-refractivity contribution in [1.29, 1.82) is 0 Å². The highest BCUT2D eigenvalue weighted by Gasteiger charge is 2.46. The molecule has 104 valence electrons. The number of rotatable bonds is 5. The topological polar surface area (TPSA) is 58.4 Å². The van der Waals surface area contributed by atoms with Gasteiger partial charge in [0.15, 0.2) is 0 Å². The summed E-state index contributed by atoms with van der Waals surface area (Å²) >= 11 is 0. The molecule has 2 saturated heterocycles. The Morgan fingerprint density at radius 1 is 1.33 bits per heavy atom. The zero-order chi connectivity index (χ0) is 13.3. The number of carbonyl (C=O) groups excluding carboxylic acids is 1. The number of nitrogens with zero attached hydrogens (tertiary/aromatic N) is 1. The minimum atomic E-state index is -0.187. The molecule has 2 aliphatic rings. The van der Waals surface area contributed by atoms with Crippen LogP contribution in [-0.4, -0.2) is 41.0 Å². The molecule has 2 heterocycles. The molecule has 18 heavy (non-hydrogen) atoms. The summed E-state index contributed by atoms with van der Waals surface area (Å²) in [7, 11) is 0. The Kier molecular flexibility index (Phi) is 3.97. The number of hydrogen-bond donors (Lipinski definition) is 2. The van der Waals surface area contributed by atoms with Crippen LogP contribution in [0.15, 0.2) is 0 Å². The maximum absolute atomic E-state index is 11.2. The fraction of sp³-hybridized carbons (Fsp3) is 0.929. The zero-order valence-electron chi connectivity index (χ0n) is 11.9. The molecule has 2 rings (SSSR count). The predicted octanol–water partition coefficient (Wildman–Crippen LogP) is 1.25. The molecule has 1 amide bonds. The highest BCUT2D eigenvalue weighted by molar-refractivity contribution is 5.75. The molecule has 3 N–H and O–H groups in total. The van der Waals surface area contributed by atoms with Crippen molar-refractivity contribution in [1.82, 2.24) is 10.2 Å². The minimum absolute atomic E-state index is 0.0884. The van der Waals surface area contributed by atoms with Gasteiger partial charge in [0.1, 0.15) is 0 Å². The van der Waals surface area contributed by atoms with Gasteiger partial charge in [0.05, 0.1) is 0 Å². The van der Waals surface area contributed by atoms with Crippen LogP contribution < -0.4 is 11.1 Å². The Hall–Kier alpha value is -0.610. The van der Waals surface area contributed by atoms with Crippen LogP contribution in [0.25, 0.3) is 0 Å². The Morgan fingerprint density at radius 3 is 2.33 bits per heavy atom. The van der Waals surface area contributed by atoms with Gasteiger partial charge in [0.2, 0.25) is 5.91 Å². The van der Waals surface area contributed by atoms with Gasteiger partial charge in [-0.05, 0) is 46.1 Å². The normalized spacial score (nSPS) is 32.7. The lowest BCUT2D eigenvalue weighted by Gasteiger charge is -2.48. The lowest BCUT2D eigenvalue weighted by Crippen LogP contribution is -2.58. The summed E-state index contributed by atoms with van der Waals surface area (Å²) in [6.45, 7) is 7.55. The molecule has 0 spiro atoms. The summed E-state index contributed by atoms with van der Waals surface area (Å²) in [5.41, 5.74) is 5.31. The van der Waals surface area contributed by atoms with E-state index in [1.807, 2.05) is 0 Å². The van der Waals surface area contributed by atoms with E-state index >= 15 is 0 Å². The summed E-state index contributed by atoms with van der Waals surface area (Å²) in [6, 6.07) is 1.91. The van der Waals surface area contributed by atoms with E-state index in [9.17, 15) is 4.79 Å². The van der Waals surface area contributed by atoms with Crippen LogP contribution in [0.2, 0.25) is 0 Å². The van der Waals surface area contributed by atoms with Gasteiger partial charge < -0.3 is 11.1 Å². The van der Waals surface area contributed by atoms with E-state index in [0.717, 1.165) is 6.54 Å². The summed E-state index contributed by atoms with van der Waals surface area (Å²) in [4.78, 5) is 13.8. The third kappa shape index (κ3) is 2.69. The van der Waals surface area contributed by atoms with Crippen molar-refractivity contribution in [2.24, 2.45) is 5.73 Å². The quantitative estimate of drug-likeness (QED) is 0.775. The average Bonchev–Trinajstić information content (AvgIpc) is 2.51. The first-order chi connectivity index (χ1) is 8.44. The SMILES string of the molecule is CCNC1CC2CCC(C1)N2C(C)(C)CC(N)=O. The van der Waals surface area contributed by atoms with Crippen LogP contribution in [0, 0.1) is 0 Å². The molecule has 0 radical (unpaired) electrons. The molecule has 2 aliphatic heterocycles. The van der Waals surface area contributed by atoms with Gasteiger partial charge in [-0.3, -0.25) is 9.69 Å². The molecule has 4 nitrogen and oxygen atoms in total. The number of hydrogen-bond acceptors (Lipinski definition) is 3. The van der Waals surface area contributed by atoms with Gasteiger partial charge in [-0.15, -0.1) is 0 Å². The third-order valence-electron chi connectivity index (χ3n) is 4.53. The standard InChI is InChI=1S/C14H27N3O/c1-4-16-10-7-11-5-6-12(8-10)17(11)14(2,3)9-13(15)18/h10-12,16H,4-9H2,1-3H3,(H2,15,18). The number of nitrogens with one attached hydrogen (secondary N) is 1. The Bertz CT molecular complexity index is 302. The summed E-state index contributed by atoms with van der Waals surface area (Å²) in [5, 5.41) is 3.58. The molecule has 0 saturated carbocycles. The van der Waals surface area contributed by atoms with Gasteiger partial charge in [-0.25, -0.2) is 0 Å². The summed E-state index contributed by atoms with van der Waals surface area (Å²) in [6.07, 6.45) is 5.44. The zero-order valence-corrected chi connectivity index (χ0v) is 11.9. The van der Waals surface area contributed by atoms with Gasteiger partial charge in [0, 0.05) is 30.1 Å². The molecule has 0 aromatic heterocycles. The number of nitrogens with two attached hydrogens (primary N) is 1. The van der Waals surface area contributed by atoms with Gasteiger partial charge >= 0.3 is 0 Å². The molecule has 4 heteroatoms. The van der Waals surface area contributed by atoms with E-state index in [1.54, 1.807) is 0 Å². The van der Waals surface area contributed by atoms with E-state index in [4.69, 9.17) is 5.73 Å². The molecule has 0 aromatic carbocycles. The Balaban J connectivity index is 2.06. The number of amides is 1. The van der Waals surface area contributed by atoms with E-state index in [0.29, 0.717) is 24.5 Å². The van der Waals surface area contributed by atoms with Gasteiger partial charge in [-0.2, -0.15) is 0 Å². The number of primary amides is 1. The van der Waals surface area contributed by atoms with Crippen LogP contribution in [0.5, 0.6) is 0 Å². The molecule has 0 aliphatic carbocycles. The first-order valence-electron chi connectivity index (χ1n) is 7.24. The maximum Gasteiger partial charge on any atom is 0.219 e. The molecule has 0 aromatic rings. The van der Waals surface area contributed by atoms with E-state index < -0.39 is 0 Å². The van der Waals surface area contributed by atoms with E-state index in [1.165, 1.54) is 25.7 Å². The molecule has 2 unspecified atom stereocenters. The predicted molar refractivity (Wildman–Crippen MR) is 73.2 cm³/mol. The van der Waals surface area contributed by atoms with Crippen LogP contribution in [-0.2, 0) is 4.79 Å². The molecular weight excluding hydrogens is 226 g/mol. The second kappa shape index (κ2) is 5.17. The monoisotopic (exact) mass is 253 g/mol. The van der Waals surface area contributed by atoms with E-state index in [-0.39, 0.29) is 11.4 Å². The number of piperidine rings is 1. The van der Waals surface area contributed by atoms with Crippen molar-refractivity contribution >= 4 is 5.91 Å². The smallest absolute Gasteiger partial charge is 0.219 e. The van der Waals surface area contributed by atoms with Crippen LogP contribution >= 0.6 is 0 Å². The van der Waals surface area contributed by atoms with Crippen LogP contribution in [0.4, 0.5) is 0 Å². The third-order valence-corrected chi connectivity index (χ3v) is 4.53. The average molecular weight is 253 g/mol. The summed E-state index contributed by atoms with van der Waals surface area (Å²) in [5.74, 6) is -0.187. The fourth-order valence-corrected chi connectivity index (χ4v) is 4.14. The second-order valence-electron chi connectivity index (χ2n) is 6.47. The fourth-order valence-electron chi connectivity index (χ4n) is 4.14. The van der Waals surface area contributed by atoms with Crippen molar-refractivity contribution in [2.75, 3.05) is 6.54 Å². The van der Waals surface area contributed by atoms with Gasteiger partial charge in [0.25, 0.3) is 0 Å².